The maximum absolute atomic E-state index is 3.86. The molecule has 0 aromatic carbocycles. The molecule has 12 heavy (non-hydrogen) atoms. The molecule has 0 aliphatic heterocycles. The highest BCUT2D eigenvalue weighted by Gasteiger charge is 1.78. The zero-order valence-corrected chi connectivity index (χ0v) is 6.70. The number of nitrogens with one attached hydrogen (secondary N) is 2. The molecule has 0 saturated carbocycles. The van der Waals surface area contributed by atoms with Crippen LogP contribution in [0.5, 0.6) is 0 Å². The predicted octanol–water partition coefficient (Wildman–Crippen LogP) is 2.07. The zero-order valence-electron chi connectivity index (χ0n) is 6.70. The highest BCUT2D eigenvalue weighted by atomic mass is 14.9. The largest absolute Gasteiger partial charge is 0.368 e. The Kier molecular flexibility index (Phi) is 3.44. The Morgan fingerprint density at radius 1 is 1.25 bits per heavy atom. The lowest BCUT2D eigenvalue weighted by molar-refractivity contribution is 1.27. The molecule has 0 spiro atoms. The van der Waals surface area contributed by atoms with Crippen molar-refractivity contribution in [3.05, 3.63) is 49.3 Å². The molecule has 3 nitrogen and oxygen atoms in total. The molecule has 0 amide bonds. The molecule has 2 rings (SSSR count). The molecule has 0 atom stereocenters. The minimum Gasteiger partial charge on any atom is -0.368 e. The van der Waals surface area contributed by atoms with Crippen molar-refractivity contribution in [2.75, 3.05) is 0 Å². The van der Waals surface area contributed by atoms with Crippen molar-refractivity contribution < 1.29 is 0 Å². The lowest BCUT2D eigenvalue weighted by Gasteiger charge is -1.73. The highest BCUT2D eigenvalue weighted by molar-refractivity contribution is 5.34. The van der Waals surface area contributed by atoms with Crippen LogP contribution in [-0.4, -0.2) is 15.0 Å². The normalized spacial score (nSPS) is 8.33. The van der Waals surface area contributed by atoms with E-state index in [1.807, 2.05) is 24.5 Å². The van der Waals surface area contributed by atoms with Gasteiger partial charge in [0.25, 0.3) is 0 Å². The van der Waals surface area contributed by atoms with E-state index in [-0.39, 0.29) is 0 Å². The summed E-state index contributed by atoms with van der Waals surface area (Å²) in [6.07, 6.45) is 8.87. The van der Waals surface area contributed by atoms with E-state index in [1.165, 1.54) is 0 Å². The Bertz CT molecular complexity index is 264. The fraction of sp³-hybridized carbons (Fsp3) is 0. The summed E-state index contributed by atoms with van der Waals surface area (Å²) >= 11 is 0. The maximum Gasteiger partial charge on any atom is 0.129 e. The van der Waals surface area contributed by atoms with Crippen molar-refractivity contribution in [2.24, 2.45) is 0 Å². The summed E-state index contributed by atoms with van der Waals surface area (Å²) < 4.78 is 0. The lowest BCUT2D eigenvalue weighted by Crippen LogP contribution is -1.67. The summed E-state index contributed by atoms with van der Waals surface area (Å²) in [4.78, 5) is 9.58. The van der Waals surface area contributed by atoms with E-state index in [2.05, 4.69) is 21.5 Å². The summed E-state index contributed by atoms with van der Waals surface area (Å²) in [6, 6.07) is 3.89. The minimum absolute atomic E-state index is 0.819. The molecule has 0 saturated heterocycles. The van der Waals surface area contributed by atoms with Crippen LogP contribution >= 0.6 is 0 Å². The second-order valence-corrected chi connectivity index (χ2v) is 2.06. The smallest absolute Gasteiger partial charge is 0.129 e. The molecular formula is C9H11N3. The van der Waals surface area contributed by atoms with Crippen LogP contribution in [0.4, 0.5) is 0 Å². The van der Waals surface area contributed by atoms with Gasteiger partial charge in [-0.25, -0.2) is 4.98 Å². The number of rotatable bonds is 1. The van der Waals surface area contributed by atoms with Gasteiger partial charge in [-0.2, -0.15) is 0 Å². The van der Waals surface area contributed by atoms with Crippen molar-refractivity contribution >= 4 is 6.08 Å². The number of H-pyrrole nitrogens is 2. The van der Waals surface area contributed by atoms with Crippen LogP contribution < -0.4 is 0 Å². The third kappa shape index (κ3) is 2.88. The predicted molar refractivity (Wildman–Crippen MR) is 49.5 cm³/mol. The number of aromatic nitrogens is 3. The van der Waals surface area contributed by atoms with Crippen molar-refractivity contribution in [1.29, 1.82) is 0 Å². The van der Waals surface area contributed by atoms with Gasteiger partial charge in [-0.15, -0.1) is 0 Å². The molecule has 62 valence electrons. The topological polar surface area (TPSA) is 44.5 Å². The summed E-state index contributed by atoms with van der Waals surface area (Å²) in [6.45, 7) is 3.51. The van der Waals surface area contributed by atoms with Crippen molar-refractivity contribution in [3.63, 3.8) is 0 Å². The first-order valence-electron chi connectivity index (χ1n) is 3.63. The van der Waals surface area contributed by atoms with E-state index >= 15 is 0 Å². The molecule has 2 N–H and O–H groups in total. The summed E-state index contributed by atoms with van der Waals surface area (Å²) in [5.41, 5.74) is 0. The highest BCUT2D eigenvalue weighted by Crippen LogP contribution is 1.86. The molecule has 0 unspecified atom stereocenters. The second-order valence-electron chi connectivity index (χ2n) is 2.06. The molecular weight excluding hydrogens is 150 g/mol. The quantitative estimate of drug-likeness (QED) is 0.660. The monoisotopic (exact) mass is 161 g/mol. The average molecular weight is 161 g/mol. The Morgan fingerprint density at radius 3 is 2.25 bits per heavy atom. The van der Waals surface area contributed by atoms with Gasteiger partial charge in [0.1, 0.15) is 5.82 Å². The first-order valence-corrected chi connectivity index (χ1v) is 3.63. The third-order valence-electron chi connectivity index (χ3n) is 1.21. The molecule has 0 fully saturated rings. The Morgan fingerprint density at radius 2 is 2.00 bits per heavy atom. The minimum atomic E-state index is 0.819. The number of hydrogen-bond acceptors (Lipinski definition) is 1. The van der Waals surface area contributed by atoms with Crippen LogP contribution in [-0.2, 0) is 0 Å². The van der Waals surface area contributed by atoms with E-state index in [1.54, 1.807) is 18.5 Å². The van der Waals surface area contributed by atoms with Gasteiger partial charge in [-0.3, -0.25) is 0 Å². The number of hydrogen-bond donors (Lipinski definition) is 2. The molecule has 2 heterocycles. The van der Waals surface area contributed by atoms with Gasteiger partial charge < -0.3 is 9.97 Å². The SMILES string of the molecule is C=Cc1ncc[nH]1.c1cc[nH]c1. The van der Waals surface area contributed by atoms with Gasteiger partial charge >= 0.3 is 0 Å². The van der Waals surface area contributed by atoms with Crippen LogP contribution in [0.3, 0.4) is 0 Å². The van der Waals surface area contributed by atoms with Crippen molar-refractivity contribution in [2.45, 2.75) is 0 Å². The van der Waals surface area contributed by atoms with E-state index in [9.17, 15) is 0 Å². The molecule has 0 aliphatic carbocycles. The van der Waals surface area contributed by atoms with Crippen LogP contribution in [0, 0.1) is 0 Å². The standard InChI is InChI=1S/C5H6N2.C4H5N/c1-2-5-6-3-4-7-5;1-2-4-5-3-1/h2-4H,1H2,(H,6,7);1-5H. The van der Waals surface area contributed by atoms with Gasteiger partial charge in [0.2, 0.25) is 0 Å². The molecule has 2 aromatic rings. The van der Waals surface area contributed by atoms with Crippen LogP contribution in [0.25, 0.3) is 6.08 Å². The van der Waals surface area contributed by atoms with Crippen LogP contribution in [0.1, 0.15) is 5.82 Å². The summed E-state index contributed by atoms with van der Waals surface area (Å²) in [5, 5.41) is 0. The van der Waals surface area contributed by atoms with Gasteiger partial charge in [0.05, 0.1) is 0 Å². The fourth-order valence-electron chi connectivity index (χ4n) is 0.667. The van der Waals surface area contributed by atoms with Gasteiger partial charge in [-0.1, -0.05) is 6.58 Å². The Labute approximate surface area is 71.2 Å². The van der Waals surface area contributed by atoms with Gasteiger partial charge in [0.15, 0.2) is 0 Å². The lowest BCUT2D eigenvalue weighted by atomic mass is 10.6. The second kappa shape index (κ2) is 4.96. The first kappa shape index (κ1) is 8.33. The molecule has 0 bridgehead atoms. The number of imidazole rings is 1. The van der Waals surface area contributed by atoms with Gasteiger partial charge in [0, 0.05) is 24.8 Å². The zero-order chi connectivity index (χ0) is 8.65. The van der Waals surface area contributed by atoms with E-state index in [4.69, 9.17) is 0 Å². The van der Waals surface area contributed by atoms with Crippen LogP contribution in [0.2, 0.25) is 0 Å². The van der Waals surface area contributed by atoms with Gasteiger partial charge in [-0.05, 0) is 18.2 Å². The third-order valence-corrected chi connectivity index (χ3v) is 1.21. The summed E-state index contributed by atoms with van der Waals surface area (Å²) in [5.74, 6) is 0.819. The Balaban J connectivity index is 0.000000127. The molecule has 2 aromatic heterocycles. The van der Waals surface area contributed by atoms with E-state index in [0.717, 1.165) is 5.82 Å². The molecule has 0 radical (unpaired) electrons. The van der Waals surface area contributed by atoms with Crippen molar-refractivity contribution in [3.8, 4) is 0 Å². The van der Waals surface area contributed by atoms with Crippen LogP contribution in [0.15, 0.2) is 43.5 Å². The number of nitrogens with zero attached hydrogens (tertiary/aromatic N) is 1. The van der Waals surface area contributed by atoms with Crippen molar-refractivity contribution in [1.82, 2.24) is 15.0 Å². The molecule has 0 aliphatic rings. The average Bonchev–Trinajstić information content (AvgIpc) is 2.81. The number of aromatic amines is 2. The van der Waals surface area contributed by atoms with E-state index < -0.39 is 0 Å². The Hall–Kier alpha value is -1.77. The van der Waals surface area contributed by atoms with E-state index in [0.29, 0.717) is 0 Å². The molecule has 3 heteroatoms. The maximum atomic E-state index is 3.86. The first-order chi connectivity index (χ1) is 5.93. The fourth-order valence-corrected chi connectivity index (χ4v) is 0.667. The summed E-state index contributed by atoms with van der Waals surface area (Å²) in [7, 11) is 0.